The number of nitrogens with one attached hydrogen (secondary N) is 1. The summed E-state index contributed by atoms with van der Waals surface area (Å²) in [5.74, 6) is -0.305. The molecule has 0 saturated carbocycles. The van der Waals surface area contributed by atoms with Crippen molar-refractivity contribution in [2.24, 2.45) is 10.8 Å². The first-order valence-corrected chi connectivity index (χ1v) is 17.8. The van der Waals surface area contributed by atoms with Crippen molar-refractivity contribution in [3.05, 3.63) is 59.6 Å². The van der Waals surface area contributed by atoms with E-state index in [1.165, 1.54) is 30.4 Å². The first kappa shape index (κ1) is 38.7. The molecule has 48 heavy (non-hydrogen) atoms. The molecule has 1 amide bonds. The van der Waals surface area contributed by atoms with Crippen molar-refractivity contribution in [1.82, 2.24) is 4.98 Å². The van der Waals surface area contributed by atoms with Crippen molar-refractivity contribution < 1.29 is 46.9 Å². The number of anilines is 1. The van der Waals surface area contributed by atoms with Gasteiger partial charge in [0.15, 0.2) is 5.13 Å². The summed E-state index contributed by atoms with van der Waals surface area (Å²) in [6.45, 7) is 16.7. The Morgan fingerprint density at radius 2 is 1.46 bits per heavy atom. The van der Waals surface area contributed by atoms with Crippen LogP contribution in [0.5, 0.6) is 17.2 Å². The van der Waals surface area contributed by atoms with E-state index in [0.29, 0.717) is 27.9 Å². The van der Waals surface area contributed by atoms with Crippen LogP contribution in [0.1, 0.15) is 79.6 Å². The van der Waals surface area contributed by atoms with E-state index in [0.717, 1.165) is 0 Å². The Kier molecular flexibility index (Phi) is 13.0. The molecule has 1 N–H and O–H groups in total. The van der Waals surface area contributed by atoms with Gasteiger partial charge in [0.1, 0.15) is 23.4 Å². The summed E-state index contributed by atoms with van der Waals surface area (Å²) in [5, 5.41) is 5.09. The zero-order valence-electron chi connectivity index (χ0n) is 29.0. The smallest absolute Gasteiger partial charge is 0.364 e. The van der Waals surface area contributed by atoms with Crippen LogP contribution in [0.4, 0.5) is 5.13 Å². The van der Waals surface area contributed by atoms with Crippen molar-refractivity contribution in [1.29, 1.82) is 0 Å². The van der Waals surface area contributed by atoms with Crippen molar-refractivity contribution in [3.63, 3.8) is 0 Å². The molecule has 0 aliphatic rings. The van der Waals surface area contributed by atoms with Gasteiger partial charge >= 0.3 is 19.5 Å². The van der Waals surface area contributed by atoms with Crippen LogP contribution in [0.2, 0.25) is 0 Å². The Morgan fingerprint density at radius 1 is 0.854 bits per heavy atom. The lowest BCUT2D eigenvalue weighted by Crippen LogP contribution is -2.30. The monoisotopic (exact) mass is 704 g/mol. The number of aromatic nitrogens is 1. The normalized spacial score (nSPS) is 14.4. The molecule has 2 aromatic carbocycles. The van der Waals surface area contributed by atoms with E-state index in [2.05, 4.69) is 10.3 Å². The Morgan fingerprint density at radius 3 is 2.02 bits per heavy atom. The topological polar surface area (TPSA) is 149 Å². The van der Waals surface area contributed by atoms with Crippen LogP contribution >= 0.6 is 18.9 Å². The average Bonchev–Trinajstić information content (AvgIpc) is 3.48. The molecule has 1 aromatic heterocycles. The zero-order valence-corrected chi connectivity index (χ0v) is 30.7. The van der Waals surface area contributed by atoms with Gasteiger partial charge in [-0.1, -0.05) is 0 Å². The number of ether oxygens (including phenoxy) is 4. The molecule has 262 valence electrons. The van der Waals surface area contributed by atoms with Gasteiger partial charge in [-0.15, -0.1) is 11.3 Å². The second-order valence-corrected chi connectivity index (χ2v) is 16.2. The van der Waals surface area contributed by atoms with Gasteiger partial charge < -0.3 is 23.5 Å². The summed E-state index contributed by atoms with van der Waals surface area (Å²) in [4.78, 5) is 41.9. The van der Waals surface area contributed by atoms with Gasteiger partial charge in [0.25, 0.3) is 5.91 Å². The highest BCUT2D eigenvalue weighted by Gasteiger charge is 2.35. The number of benzene rings is 2. The number of nitrogens with zero attached hydrogens (tertiary/aromatic N) is 1. The van der Waals surface area contributed by atoms with Crippen LogP contribution in [-0.2, 0) is 32.7 Å². The largest absolute Gasteiger partial charge is 0.491 e. The second-order valence-electron chi connectivity index (χ2n) is 13.3. The summed E-state index contributed by atoms with van der Waals surface area (Å²) in [6.07, 6.45) is -0.560. The van der Waals surface area contributed by atoms with Gasteiger partial charge in [-0.2, -0.15) is 0 Å². The molecule has 0 saturated heterocycles. The molecule has 3 atom stereocenters. The van der Waals surface area contributed by atoms with Gasteiger partial charge in [0.05, 0.1) is 28.8 Å². The molecule has 0 aliphatic heterocycles. The van der Waals surface area contributed by atoms with Gasteiger partial charge in [0, 0.05) is 23.2 Å². The van der Waals surface area contributed by atoms with Crippen LogP contribution in [0.15, 0.2) is 54.0 Å². The van der Waals surface area contributed by atoms with Crippen LogP contribution < -0.4 is 20.1 Å². The number of hydrogen-bond donors (Lipinski definition) is 1. The summed E-state index contributed by atoms with van der Waals surface area (Å²) in [7, 11) is -4.15. The highest BCUT2D eigenvalue weighted by Crippen LogP contribution is 2.49. The van der Waals surface area contributed by atoms with E-state index >= 15 is 0 Å². The molecule has 3 aromatic rings. The van der Waals surface area contributed by atoms with Gasteiger partial charge in [-0.25, -0.2) is 4.98 Å². The van der Waals surface area contributed by atoms with Crippen molar-refractivity contribution in [2.45, 2.75) is 87.7 Å². The summed E-state index contributed by atoms with van der Waals surface area (Å²) >= 11 is 1.29. The fraction of sp³-hybridized carbons (Fsp3) is 0.471. The minimum atomic E-state index is -4.15. The summed E-state index contributed by atoms with van der Waals surface area (Å²) in [5.41, 5.74) is -1.27. The van der Waals surface area contributed by atoms with Crippen LogP contribution in [0, 0.1) is 10.8 Å². The third kappa shape index (κ3) is 11.7. The molecular formula is C34H45N2O10PS. The second kappa shape index (κ2) is 16.1. The lowest BCUT2D eigenvalue weighted by Gasteiger charge is -2.26. The lowest BCUT2D eigenvalue weighted by atomic mass is 9.97. The van der Waals surface area contributed by atoms with Crippen LogP contribution in [0.25, 0.3) is 0 Å². The number of thiazole rings is 1. The molecule has 3 unspecified atom stereocenters. The standard InChI is InChI=1S/C34H45N2O10PS/c1-21(2)42-26-17-24(29(37)36-32-35-15-16-48-32)18-27(19-26)45-25-11-13-28(14-12-25)47(40,46-23(4)44-31(39)34(8,9)10)41-20-22(3)43-30(38)33(5,6)7/h11-19,21-23H,20H2,1-10H3,(H,35,36,37). The maximum Gasteiger partial charge on any atom is 0.364 e. The SMILES string of the molecule is CC(C)Oc1cc(Oc2ccc(P(=O)(OCC(C)OC(=O)C(C)(C)C)OC(C)OC(=O)C(C)(C)C)cc2)cc(C(=O)Nc2nccs2)c1. The maximum absolute atomic E-state index is 14.2. The molecule has 14 heteroatoms. The number of esters is 2. The fourth-order valence-corrected chi connectivity index (χ4v) is 5.91. The van der Waals surface area contributed by atoms with Crippen LogP contribution in [-0.4, -0.2) is 47.9 Å². The van der Waals surface area contributed by atoms with Gasteiger partial charge in [0.2, 0.25) is 6.29 Å². The average molecular weight is 705 g/mol. The number of carbonyl (C=O) groups is 3. The highest BCUT2D eigenvalue weighted by molar-refractivity contribution is 7.62. The van der Waals surface area contributed by atoms with Crippen molar-refractivity contribution in [2.75, 3.05) is 11.9 Å². The number of rotatable bonds is 14. The Labute approximate surface area is 286 Å². The van der Waals surface area contributed by atoms with E-state index in [9.17, 15) is 18.9 Å². The minimum absolute atomic E-state index is 0.142. The third-order valence-corrected chi connectivity index (χ3v) is 8.81. The van der Waals surface area contributed by atoms with E-state index < -0.39 is 48.7 Å². The summed E-state index contributed by atoms with van der Waals surface area (Å²) in [6, 6.07) is 10.9. The summed E-state index contributed by atoms with van der Waals surface area (Å²) < 4.78 is 48.5. The van der Waals surface area contributed by atoms with Crippen molar-refractivity contribution in [3.8, 4) is 17.2 Å². The molecule has 3 rings (SSSR count). The molecule has 0 bridgehead atoms. The fourth-order valence-electron chi connectivity index (χ4n) is 3.70. The molecular weight excluding hydrogens is 659 g/mol. The van der Waals surface area contributed by atoms with E-state index in [-0.39, 0.29) is 18.0 Å². The van der Waals surface area contributed by atoms with E-state index in [1.807, 2.05) is 13.8 Å². The Balaban J connectivity index is 1.85. The van der Waals surface area contributed by atoms with Crippen LogP contribution in [0.3, 0.4) is 0 Å². The quantitative estimate of drug-likeness (QED) is 0.0998. The first-order valence-electron chi connectivity index (χ1n) is 15.4. The molecule has 1 heterocycles. The highest BCUT2D eigenvalue weighted by atomic mass is 32.1. The molecule has 0 radical (unpaired) electrons. The predicted octanol–water partition coefficient (Wildman–Crippen LogP) is 7.74. The lowest BCUT2D eigenvalue weighted by molar-refractivity contribution is -0.172. The number of hydrogen-bond acceptors (Lipinski definition) is 12. The van der Waals surface area contributed by atoms with Gasteiger partial charge in [-0.05, 0) is 106 Å². The number of amides is 1. The minimum Gasteiger partial charge on any atom is -0.491 e. The predicted molar refractivity (Wildman–Crippen MR) is 183 cm³/mol. The van der Waals surface area contributed by atoms with E-state index in [4.69, 9.17) is 28.0 Å². The first-order chi connectivity index (χ1) is 22.2. The molecule has 0 aliphatic carbocycles. The molecule has 0 spiro atoms. The zero-order chi connectivity index (χ0) is 35.9. The maximum atomic E-state index is 14.2. The Hall–Kier alpha value is -3.77. The molecule has 0 fully saturated rings. The number of carbonyl (C=O) groups excluding carboxylic acids is 3. The van der Waals surface area contributed by atoms with E-state index in [1.54, 1.807) is 90.4 Å². The van der Waals surface area contributed by atoms with Crippen molar-refractivity contribution >= 4 is 47.2 Å². The Bertz CT molecular complexity index is 1600. The third-order valence-electron chi connectivity index (χ3n) is 6.13. The molecule has 12 nitrogen and oxygen atoms in total. The van der Waals surface area contributed by atoms with Gasteiger partial charge in [-0.3, -0.25) is 28.8 Å².